The van der Waals surface area contributed by atoms with E-state index < -0.39 is 10.0 Å². The lowest BCUT2D eigenvalue weighted by Gasteiger charge is -2.29. The van der Waals surface area contributed by atoms with Crippen molar-refractivity contribution in [2.24, 2.45) is 0 Å². The maximum Gasteiger partial charge on any atom is 0.250 e. The average Bonchev–Trinajstić information content (AvgIpc) is 3.35. The van der Waals surface area contributed by atoms with Crippen molar-refractivity contribution in [1.29, 1.82) is 0 Å². The number of rotatable bonds is 5. The highest BCUT2D eigenvalue weighted by molar-refractivity contribution is 7.88. The summed E-state index contributed by atoms with van der Waals surface area (Å²) >= 11 is 0. The van der Waals surface area contributed by atoms with Crippen LogP contribution in [0.5, 0.6) is 0 Å². The molecule has 0 unspecified atom stereocenters. The Balaban J connectivity index is 1.39. The monoisotopic (exact) mass is 391 g/mol. The lowest BCUT2D eigenvalue weighted by atomic mass is 9.98. The second kappa shape index (κ2) is 7.24. The van der Waals surface area contributed by atoms with Crippen molar-refractivity contribution in [3.63, 3.8) is 0 Å². The number of nitrogens with zero attached hydrogens (tertiary/aromatic N) is 3. The second-order valence-corrected chi connectivity index (χ2v) is 8.48. The minimum atomic E-state index is -3.45. The van der Waals surface area contributed by atoms with Gasteiger partial charge in [-0.25, -0.2) is 17.1 Å². The number of furan rings is 1. The van der Waals surface area contributed by atoms with Crippen LogP contribution in [0.25, 0.3) is 11.5 Å². The van der Waals surface area contributed by atoms with Crippen LogP contribution in [0.15, 0.2) is 51.7 Å². The molecular weight excluding hydrogens is 373 g/mol. The van der Waals surface area contributed by atoms with Crippen LogP contribution in [-0.4, -0.2) is 36.0 Å². The third kappa shape index (κ3) is 3.93. The van der Waals surface area contributed by atoms with E-state index in [9.17, 15) is 12.8 Å². The number of hydrogen-bond acceptors (Lipinski definition) is 6. The van der Waals surface area contributed by atoms with Gasteiger partial charge in [0.15, 0.2) is 0 Å². The number of aromatic nitrogens is 2. The Kier molecular flexibility index (Phi) is 4.79. The molecule has 0 atom stereocenters. The number of piperidine rings is 1. The van der Waals surface area contributed by atoms with Crippen molar-refractivity contribution in [3.05, 3.63) is 60.1 Å². The lowest BCUT2D eigenvalue weighted by molar-refractivity contribution is 0.291. The molecule has 0 radical (unpaired) electrons. The Labute approximate surface area is 155 Å². The summed E-state index contributed by atoms with van der Waals surface area (Å²) in [5.74, 6) is 0.414. The molecule has 1 aromatic carbocycles. The summed E-state index contributed by atoms with van der Waals surface area (Å²) in [6.07, 6.45) is 4.27. The normalized spacial score (nSPS) is 16.6. The van der Waals surface area contributed by atoms with Gasteiger partial charge in [-0.1, -0.05) is 12.1 Å². The Morgan fingerprint density at radius 1 is 1.11 bits per heavy atom. The first-order chi connectivity index (χ1) is 13.0. The summed E-state index contributed by atoms with van der Waals surface area (Å²) in [7, 11) is -3.45. The number of hydrogen-bond donors (Lipinski definition) is 0. The quantitative estimate of drug-likeness (QED) is 0.664. The molecule has 27 heavy (non-hydrogen) atoms. The maximum absolute atomic E-state index is 13.0. The van der Waals surface area contributed by atoms with E-state index in [1.165, 1.54) is 41.1 Å². The van der Waals surface area contributed by atoms with Gasteiger partial charge in [0.05, 0.1) is 17.6 Å². The van der Waals surface area contributed by atoms with Crippen molar-refractivity contribution < 1.29 is 21.6 Å². The molecule has 0 N–H and O–H groups in total. The van der Waals surface area contributed by atoms with Crippen LogP contribution in [0.4, 0.5) is 4.39 Å². The number of benzene rings is 1. The lowest BCUT2D eigenvalue weighted by Crippen LogP contribution is -2.38. The van der Waals surface area contributed by atoms with Gasteiger partial charge in [-0.2, -0.15) is 0 Å². The smallest absolute Gasteiger partial charge is 0.250 e. The van der Waals surface area contributed by atoms with E-state index in [4.69, 9.17) is 8.83 Å². The first-order valence-corrected chi connectivity index (χ1v) is 10.2. The zero-order chi connectivity index (χ0) is 18.9. The van der Waals surface area contributed by atoms with E-state index in [1.54, 1.807) is 6.07 Å². The predicted octanol–water partition coefficient (Wildman–Crippen LogP) is 3.18. The molecule has 3 aromatic rings. The van der Waals surface area contributed by atoms with Crippen molar-refractivity contribution in [3.8, 4) is 11.5 Å². The van der Waals surface area contributed by atoms with Crippen LogP contribution in [0.1, 0.15) is 30.2 Å². The van der Waals surface area contributed by atoms with E-state index in [-0.39, 0.29) is 17.5 Å². The molecule has 2 aromatic heterocycles. The SMILES string of the molecule is O=S(=O)(Cc1ccc(F)cc1)N1CCC(c2nnc(-c3ccoc3)o2)CC1. The first kappa shape index (κ1) is 17.9. The Morgan fingerprint density at radius 3 is 2.52 bits per heavy atom. The van der Waals surface area contributed by atoms with Crippen LogP contribution in [0.3, 0.4) is 0 Å². The molecule has 142 valence electrons. The van der Waals surface area contributed by atoms with Gasteiger partial charge < -0.3 is 8.83 Å². The minimum absolute atomic E-state index is 0.0235. The first-order valence-electron chi connectivity index (χ1n) is 8.59. The van der Waals surface area contributed by atoms with E-state index >= 15 is 0 Å². The van der Waals surface area contributed by atoms with Crippen molar-refractivity contribution in [2.45, 2.75) is 24.5 Å². The van der Waals surface area contributed by atoms with Crippen LogP contribution in [-0.2, 0) is 15.8 Å². The van der Waals surface area contributed by atoms with Gasteiger partial charge in [0.25, 0.3) is 5.89 Å². The Morgan fingerprint density at radius 2 is 1.85 bits per heavy atom. The van der Waals surface area contributed by atoms with Crippen LogP contribution in [0.2, 0.25) is 0 Å². The fraction of sp³-hybridized carbons (Fsp3) is 0.333. The van der Waals surface area contributed by atoms with Crippen molar-refractivity contribution in [1.82, 2.24) is 14.5 Å². The molecule has 9 heteroatoms. The average molecular weight is 391 g/mol. The molecule has 0 spiro atoms. The highest BCUT2D eigenvalue weighted by Gasteiger charge is 2.31. The molecule has 0 aliphatic carbocycles. The largest absolute Gasteiger partial charge is 0.472 e. The molecule has 3 heterocycles. The summed E-state index contributed by atoms with van der Waals surface area (Å²) in [6, 6.07) is 7.27. The van der Waals surface area contributed by atoms with Gasteiger partial charge in [-0.05, 0) is 36.6 Å². The topological polar surface area (TPSA) is 89.4 Å². The summed E-state index contributed by atoms with van der Waals surface area (Å²) in [6.45, 7) is 0.773. The molecule has 0 amide bonds. The molecule has 1 aliphatic heterocycles. The maximum atomic E-state index is 13.0. The third-order valence-electron chi connectivity index (χ3n) is 4.67. The number of sulfonamides is 1. The van der Waals surface area contributed by atoms with Crippen LogP contribution < -0.4 is 0 Å². The van der Waals surface area contributed by atoms with Crippen LogP contribution in [0, 0.1) is 5.82 Å². The van der Waals surface area contributed by atoms with Gasteiger partial charge in [0, 0.05) is 19.0 Å². The van der Waals surface area contributed by atoms with Gasteiger partial charge in [0.1, 0.15) is 12.1 Å². The van der Waals surface area contributed by atoms with Crippen LogP contribution >= 0.6 is 0 Å². The number of halogens is 1. The molecule has 0 bridgehead atoms. The summed E-state index contributed by atoms with van der Waals surface area (Å²) < 4.78 is 50.4. The highest BCUT2D eigenvalue weighted by atomic mass is 32.2. The molecule has 1 fully saturated rings. The summed E-state index contributed by atoms with van der Waals surface area (Å²) in [5, 5.41) is 8.12. The van der Waals surface area contributed by atoms with E-state index in [2.05, 4.69) is 10.2 Å². The molecule has 1 aliphatic rings. The van der Waals surface area contributed by atoms with Gasteiger partial charge in [-0.3, -0.25) is 0 Å². The molecule has 1 saturated heterocycles. The van der Waals surface area contributed by atoms with Crippen molar-refractivity contribution in [2.75, 3.05) is 13.1 Å². The van der Waals surface area contributed by atoms with Crippen molar-refractivity contribution >= 4 is 10.0 Å². The predicted molar refractivity (Wildman–Crippen MR) is 94.6 cm³/mol. The fourth-order valence-electron chi connectivity index (χ4n) is 3.17. The molecule has 4 rings (SSSR count). The Bertz CT molecular complexity index is 992. The van der Waals surface area contributed by atoms with Gasteiger partial charge >= 0.3 is 0 Å². The zero-order valence-corrected chi connectivity index (χ0v) is 15.2. The molecule has 7 nitrogen and oxygen atoms in total. The summed E-state index contributed by atoms with van der Waals surface area (Å²) in [5.41, 5.74) is 1.29. The van der Waals surface area contributed by atoms with E-state index in [0.29, 0.717) is 48.8 Å². The van der Waals surface area contributed by atoms with E-state index in [0.717, 1.165) is 0 Å². The van der Waals surface area contributed by atoms with Gasteiger partial charge in [0.2, 0.25) is 15.9 Å². The fourth-order valence-corrected chi connectivity index (χ4v) is 4.73. The standard InChI is InChI=1S/C18H18FN3O4S/c19-16-3-1-13(2-4-16)12-27(23,24)22-8-5-14(6-9-22)17-20-21-18(26-17)15-7-10-25-11-15/h1-4,7,10-11,14H,5-6,8-9,12H2. The summed E-state index contributed by atoms with van der Waals surface area (Å²) in [4.78, 5) is 0. The minimum Gasteiger partial charge on any atom is -0.472 e. The third-order valence-corrected chi connectivity index (χ3v) is 6.52. The molecular formula is C18H18FN3O4S. The second-order valence-electron chi connectivity index (χ2n) is 6.51. The van der Waals surface area contributed by atoms with E-state index in [1.807, 2.05) is 0 Å². The zero-order valence-electron chi connectivity index (χ0n) is 14.4. The Hall–Kier alpha value is -2.52. The molecule has 0 saturated carbocycles. The van der Waals surface area contributed by atoms with Gasteiger partial charge in [-0.15, -0.1) is 10.2 Å². The highest BCUT2D eigenvalue weighted by Crippen LogP contribution is 2.30.